The number of nitrogens with one attached hydrogen (secondary N) is 1. The number of hydrogen-bond donors (Lipinski definition) is 1. The smallest absolute Gasteiger partial charge is 0.0203 e. The van der Waals surface area contributed by atoms with Crippen LogP contribution in [0.2, 0.25) is 0 Å². The Morgan fingerprint density at radius 2 is 1.89 bits per heavy atom. The van der Waals surface area contributed by atoms with Gasteiger partial charge in [-0.05, 0) is 49.3 Å². The van der Waals surface area contributed by atoms with Crippen molar-refractivity contribution in [3.63, 3.8) is 0 Å². The van der Waals surface area contributed by atoms with Gasteiger partial charge in [-0.15, -0.1) is 0 Å². The van der Waals surface area contributed by atoms with E-state index >= 15 is 0 Å². The lowest BCUT2D eigenvalue weighted by Crippen LogP contribution is -2.45. The molecule has 0 spiro atoms. The minimum absolute atomic E-state index is 0.530. The summed E-state index contributed by atoms with van der Waals surface area (Å²) < 4.78 is 0. The third-order valence-corrected chi connectivity index (χ3v) is 6.13. The first-order valence-electron chi connectivity index (χ1n) is 7.90. The minimum Gasteiger partial charge on any atom is -0.313 e. The first-order chi connectivity index (χ1) is 8.55. The summed E-state index contributed by atoms with van der Waals surface area (Å²) in [4.78, 5) is 0. The molecule has 1 aliphatic rings. The van der Waals surface area contributed by atoms with Crippen molar-refractivity contribution in [1.29, 1.82) is 0 Å². The summed E-state index contributed by atoms with van der Waals surface area (Å²) in [5.41, 5.74) is 0.530. The molecule has 1 nitrogen and oxygen atoms in total. The van der Waals surface area contributed by atoms with Crippen LogP contribution in [0.1, 0.15) is 66.7 Å². The molecule has 1 N–H and O–H groups in total. The van der Waals surface area contributed by atoms with E-state index in [9.17, 15) is 0 Å². The van der Waals surface area contributed by atoms with Crippen molar-refractivity contribution in [2.24, 2.45) is 11.3 Å². The third-order valence-electron chi connectivity index (χ3n) is 4.85. The molecular formula is C16H33NS. The lowest BCUT2D eigenvalue weighted by molar-refractivity contribution is 0.141. The Kier molecular flexibility index (Phi) is 7.08. The van der Waals surface area contributed by atoms with Gasteiger partial charge in [0.15, 0.2) is 0 Å². The van der Waals surface area contributed by atoms with Crippen LogP contribution in [-0.2, 0) is 0 Å². The van der Waals surface area contributed by atoms with E-state index in [2.05, 4.69) is 51.7 Å². The van der Waals surface area contributed by atoms with Crippen LogP contribution in [0.3, 0.4) is 0 Å². The van der Waals surface area contributed by atoms with Gasteiger partial charge in [0.25, 0.3) is 0 Å². The SMILES string of the molecule is CCCNC1CCC(C(C)(C)CC)CC1SCC. The summed E-state index contributed by atoms with van der Waals surface area (Å²) in [6.07, 6.45) is 6.79. The second-order valence-electron chi connectivity index (χ2n) is 6.41. The van der Waals surface area contributed by atoms with Gasteiger partial charge in [-0.1, -0.05) is 41.0 Å². The van der Waals surface area contributed by atoms with Gasteiger partial charge in [-0.3, -0.25) is 0 Å². The van der Waals surface area contributed by atoms with Crippen LogP contribution in [0.25, 0.3) is 0 Å². The molecule has 0 heterocycles. The zero-order chi connectivity index (χ0) is 13.6. The van der Waals surface area contributed by atoms with Gasteiger partial charge in [0, 0.05) is 11.3 Å². The van der Waals surface area contributed by atoms with Crippen molar-refractivity contribution in [2.75, 3.05) is 12.3 Å². The molecule has 0 saturated heterocycles. The Morgan fingerprint density at radius 1 is 1.17 bits per heavy atom. The van der Waals surface area contributed by atoms with Crippen molar-refractivity contribution in [1.82, 2.24) is 5.32 Å². The van der Waals surface area contributed by atoms with Crippen LogP contribution in [0.4, 0.5) is 0 Å². The second kappa shape index (κ2) is 7.79. The predicted molar refractivity (Wildman–Crippen MR) is 85.4 cm³/mol. The summed E-state index contributed by atoms with van der Waals surface area (Å²) in [5, 5.41) is 4.61. The Hall–Kier alpha value is 0.310. The summed E-state index contributed by atoms with van der Waals surface area (Å²) >= 11 is 2.18. The van der Waals surface area contributed by atoms with E-state index in [-0.39, 0.29) is 0 Å². The first kappa shape index (κ1) is 16.4. The highest BCUT2D eigenvalue weighted by molar-refractivity contribution is 7.99. The molecule has 1 rings (SSSR count). The van der Waals surface area contributed by atoms with E-state index in [0.29, 0.717) is 5.41 Å². The van der Waals surface area contributed by atoms with E-state index in [4.69, 9.17) is 0 Å². The van der Waals surface area contributed by atoms with Crippen molar-refractivity contribution in [2.45, 2.75) is 78.0 Å². The number of rotatable bonds is 7. The molecule has 0 radical (unpaired) electrons. The Morgan fingerprint density at radius 3 is 2.44 bits per heavy atom. The summed E-state index contributed by atoms with van der Waals surface area (Å²) in [5.74, 6) is 2.18. The molecule has 1 saturated carbocycles. The van der Waals surface area contributed by atoms with Crippen LogP contribution >= 0.6 is 11.8 Å². The van der Waals surface area contributed by atoms with E-state index in [0.717, 1.165) is 17.2 Å². The Labute approximate surface area is 119 Å². The Balaban J connectivity index is 2.58. The molecule has 3 unspecified atom stereocenters. The summed E-state index contributed by atoms with van der Waals surface area (Å²) in [6, 6.07) is 0.763. The summed E-state index contributed by atoms with van der Waals surface area (Å²) in [6.45, 7) is 13.0. The van der Waals surface area contributed by atoms with Gasteiger partial charge in [-0.25, -0.2) is 0 Å². The summed E-state index contributed by atoms with van der Waals surface area (Å²) in [7, 11) is 0. The van der Waals surface area contributed by atoms with Gasteiger partial charge in [-0.2, -0.15) is 11.8 Å². The van der Waals surface area contributed by atoms with Crippen molar-refractivity contribution < 1.29 is 0 Å². The van der Waals surface area contributed by atoms with Gasteiger partial charge < -0.3 is 5.32 Å². The quantitative estimate of drug-likeness (QED) is 0.719. The van der Waals surface area contributed by atoms with E-state index < -0.39 is 0 Å². The highest BCUT2D eigenvalue weighted by Gasteiger charge is 2.36. The van der Waals surface area contributed by atoms with Crippen LogP contribution < -0.4 is 5.32 Å². The highest BCUT2D eigenvalue weighted by atomic mass is 32.2. The lowest BCUT2D eigenvalue weighted by Gasteiger charge is -2.43. The molecule has 0 aliphatic heterocycles. The maximum absolute atomic E-state index is 3.78. The monoisotopic (exact) mass is 271 g/mol. The third kappa shape index (κ3) is 4.45. The largest absolute Gasteiger partial charge is 0.313 e. The highest BCUT2D eigenvalue weighted by Crippen LogP contribution is 2.43. The van der Waals surface area contributed by atoms with E-state index in [1.807, 2.05) is 0 Å². The van der Waals surface area contributed by atoms with Gasteiger partial charge in [0.05, 0.1) is 0 Å². The molecular weight excluding hydrogens is 238 g/mol. The number of thioether (sulfide) groups is 1. The Bertz CT molecular complexity index is 227. The zero-order valence-electron chi connectivity index (χ0n) is 13.1. The first-order valence-corrected chi connectivity index (χ1v) is 8.95. The standard InChI is InChI=1S/C16H33NS/c1-6-11-17-14-10-9-13(16(4,5)7-2)12-15(14)18-8-3/h13-15,17H,6-12H2,1-5H3. The zero-order valence-corrected chi connectivity index (χ0v) is 13.9. The van der Waals surface area contributed by atoms with E-state index in [1.54, 1.807) is 0 Å². The molecule has 0 bridgehead atoms. The second-order valence-corrected chi connectivity index (χ2v) is 7.92. The van der Waals surface area contributed by atoms with Crippen molar-refractivity contribution in [3.8, 4) is 0 Å². The molecule has 108 valence electrons. The predicted octanol–water partition coefficient (Wildman–Crippen LogP) is 4.71. The van der Waals surface area contributed by atoms with Crippen LogP contribution in [0.5, 0.6) is 0 Å². The topological polar surface area (TPSA) is 12.0 Å². The fourth-order valence-electron chi connectivity index (χ4n) is 3.09. The van der Waals surface area contributed by atoms with Crippen LogP contribution in [0.15, 0.2) is 0 Å². The molecule has 0 aromatic heterocycles. The molecule has 0 amide bonds. The average molecular weight is 272 g/mol. The number of hydrogen-bond acceptors (Lipinski definition) is 2. The lowest BCUT2D eigenvalue weighted by atomic mass is 9.68. The fraction of sp³-hybridized carbons (Fsp3) is 1.00. The van der Waals surface area contributed by atoms with Crippen molar-refractivity contribution in [3.05, 3.63) is 0 Å². The molecule has 0 aromatic rings. The molecule has 3 atom stereocenters. The van der Waals surface area contributed by atoms with Gasteiger partial charge >= 0.3 is 0 Å². The van der Waals surface area contributed by atoms with Crippen molar-refractivity contribution >= 4 is 11.8 Å². The fourth-order valence-corrected chi connectivity index (χ4v) is 4.35. The molecule has 18 heavy (non-hydrogen) atoms. The average Bonchev–Trinajstić information content (AvgIpc) is 2.37. The molecule has 1 fully saturated rings. The van der Waals surface area contributed by atoms with Gasteiger partial charge in [0.2, 0.25) is 0 Å². The van der Waals surface area contributed by atoms with Crippen LogP contribution in [-0.4, -0.2) is 23.6 Å². The van der Waals surface area contributed by atoms with Gasteiger partial charge in [0.1, 0.15) is 0 Å². The normalized spacial score (nSPS) is 29.5. The maximum Gasteiger partial charge on any atom is 0.0203 e. The van der Waals surface area contributed by atoms with Crippen LogP contribution in [0, 0.1) is 11.3 Å². The van der Waals surface area contributed by atoms with E-state index in [1.165, 1.54) is 44.4 Å². The minimum atomic E-state index is 0.530. The maximum atomic E-state index is 3.78. The molecule has 1 aliphatic carbocycles. The molecule has 0 aromatic carbocycles. The molecule has 2 heteroatoms.